The van der Waals surface area contributed by atoms with Gasteiger partial charge in [0, 0.05) is 18.5 Å². The first-order chi connectivity index (χ1) is 5.95. The summed E-state index contributed by atoms with van der Waals surface area (Å²) >= 11 is 0. The van der Waals surface area contributed by atoms with Crippen LogP contribution in [0.3, 0.4) is 0 Å². The lowest BCUT2D eigenvalue weighted by Gasteiger charge is -2.19. The topological polar surface area (TPSA) is 63.4 Å². The number of nitrogens with two attached hydrogens (primary N) is 1. The highest BCUT2D eigenvalue weighted by molar-refractivity contribution is 6.04. The second kappa shape index (κ2) is 3.46. The van der Waals surface area contributed by atoms with E-state index in [0.29, 0.717) is 0 Å². The van der Waals surface area contributed by atoms with Crippen LogP contribution >= 0.6 is 0 Å². The van der Waals surface area contributed by atoms with Crippen LogP contribution in [0.5, 0.6) is 0 Å². The van der Waals surface area contributed by atoms with Crippen molar-refractivity contribution in [2.75, 3.05) is 0 Å². The molecule has 2 unspecified atom stereocenters. The summed E-state index contributed by atoms with van der Waals surface area (Å²) in [5.41, 5.74) is 5.61. The third-order valence-corrected chi connectivity index (χ3v) is 2.37. The van der Waals surface area contributed by atoms with Crippen LogP contribution in [0, 0.1) is 5.92 Å². The first-order valence-corrected chi connectivity index (χ1v) is 4.56. The van der Waals surface area contributed by atoms with Crippen molar-refractivity contribution >= 4 is 11.8 Å². The Bertz CT molecular complexity index is 236. The van der Waals surface area contributed by atoms with Gasteiger partial charge in [0.15, 0.2) is 0 Å². The second-order valence-electron chi connectivity index (χ2n) is 3.87. The lowest BCUT2D eigenvalue weighted by molar-refractivity contribution is -0.141. The Labute approximate surface area is 78.1 Å². The summed E-state index contributed by atoms with van der Waals surface area (Å²) in [7, 11) is 0. The van der Waals surface area contributed by atoms with Gasteiger partial charge >= 0.3 is 0 Å². The highest BCUT2D eigenvalue weighted by atomic mass is 16.2. The molecular weight excluding hydrogens is 168 g/mol. The van der Waals surface area contributed by atoms with Gasteiger partial charge < -0.3 is 5.73 Å². The number of likely N-dealkylation sites (tertiary alicyclic amines) is 1. The molecule has 0 aromatic carbocycles. The van der Waals surface area contributed by atoms with Crippen molar-refractivity contribution in [2.45, 2.75) is 39.3 Å². The monoisotopic (exact) mass is 184 g/mol. The normalized spacial score (nSPS) is 25.9. The van der Waals surface area contributed by atoms with E-state index in [1.54, 1.807) is 6.92 Å². The zero-order chi connectivity index (χ0) is 10.2. The van der Waals surface area contributed by atoms with Crippen LogP contribution in [0.25, 0.3) is 0 Å². The Kier molecular flexibility index (Phi) is 2.71. The van der Waals surface area contributed by atoms with E-state index >= 15 is 0 Å². The molecule has 0 aliphatic carbocycles. The molecule has 4 heteroatoms. The van der Waals surface area contributed by atoms with Gasteiger partial charge in [0.2, 0.25) is 11.8 Å². The Morgan fingerprint density at radius 1 is 1.38 bits per heavy atom. The molecule has 1 rings (SSSR count). The minimum atomic E-state index is -0.310. The van der Waals surface area contributed by atoms with E-state index in [4.69, 9.17) is 5.73 Å². The average molecular weight is 184 g/mol. The number of hydrogen-bond donors (Lipinski definition) is 1. The lowest BCUT2D eigenvalue weighted by Crippen LogP contribution is -2.39. The molecule has 4 nitrogen and oxygen atoms in total. The molecule has 2 N–H and O–H groups in total. The molecule has 0 aromatic heterocycles. The lowest BCUT2D eigenvalue weighted by atomic mass is 10.0. The van der Waals surface area contributed by atoms with Crippen LogP contribution in [0.4, 0.5) is 0 Å². The van der Waals surface area contributed by atoms with Crippen LogP contribution in [0.1, 0.15) is 27.2 Å². The molecule has 0 bridgehead atoms. The fourth-order valence-corrected chi connectivity index (χ4v) is 1.63. The summed E-state index contributed by atoms with van der Waals surface area (Å²) in [6.07, 6.45) is 0.272. The van der Waals surface area contributed by atoms with E-state index in [-0.39, 0.29) is 36.2 Å². The molecule has 1 heterocycles. The minimum Gasteiger partial charge on any atom is -0.327 e. The van der Waals surface area contributed by atoms with Gasteiger partial charge in [-0.3, -0.25) is 14.5 Å². The Balaban J connectivity index is 2.82. The summed E-state index contributed by atoms with van der Waals surface area (Å²) < 4.78 is 0. The SMILES string of the molecule is CC(N)C1CC(=O)N(C(C)C)C1=O. The largest absolute Gasteiger partial charge is 0.327 e. The van der Waals surface area contributed by atoms with E-state index in [1.807, 2.05) is 13.8 Å². The number of carbonyl (C=O) groups excluding carboxylic acids is 2. The number of amides is 2. The fourth-order valence-electron chi connectivity index (χ4n) is 1.63. The van der Waals surface area contributed by atoms with Crippen molar-refractivity contribution in [1.82, 2.24) is 4.90 Å². The summed E-state index contributed by atoms with van der Waals surface area (Å²) in [4.78, 5) is 24.3. The highest BCUT2D eigenvalue weighted by Crippen LogP contribution is 2.23. The number of nitrogens with zero attached hydrogens (tertiary/aromatic N) is 1. The fraction of sp³-hybridized carbons (Fsp3) is 0.778. The summed E-state index contributed by atoms with van der Waals surface area (Å²) in [5, 5.41) is 0. The number of hydrogen-bond acceptors (Lipinski definition) is 3. The van der Waals surface area contributed by atoms with Crippen LogP contribution < -0.4 is 5.73 Å². The van der Waals surface area contributed by atoms with E-state index in [0.717, 1.165) is 0 Å². The molecule has 0 radical (unpaired) electrons. The maximum Gasteiger partial charge on any atom is 0.234 e. The quantitative estimate of drug-likeness (QED) is 0.620. The number of carbonyl (C=O) groups is 2. The molecule has 0 saturated carbocycles. The van der Waals surface area contributed by atoms with Crippen molar-refractivity contribution in [2.24, 2.45) is 11.7 Å². The minimum absolute atomic E-state index is 0.0521. The van der Waals surface area contributed by atoms with Crippen LogP contribution in [0.15, 0.2) is 0 Å². The first kappa shape index (κ1) is 10.2. The van der Waals surface area contributed by atoms with Gasteiger partial charge in [-0.05, 0) is 20.8 Å². The predicted molar refractivity (Wildman–Crippen MR) is 48.7 cm³/mol. The van der Waals surface area contributed by atoms with Gasteiger partial charge in [0.05, 0.1) is 5.92 Å². The van der Waals surface area contributed by atoms with Crippen LogP contribution in [-0.2, 0) is 9.59 Å². The molecule has 0 aromatic rings. The molecule has 1 aliphatic heterocycles. The molecule has 74 valence electrons. The van der Waals surface area contributed by atoms with Gasteiger partial charge in [-0.1, -0.05) is 0 Å². The molecule has 1 saturated heterocycles. The molecular formula is C9H16N2O2. The maximum absolute atomic E-state index is 11.6. The van der Waals surface area contributed by atoms with Crippen molar-refractivity contribution in [1.29, 1.82) is 0 Å². The van der Waals surface area contributed by atoms with Gasteiger partial charge in [0.25, 0.3) is 0 Å². The third-order valence-electron chi connectivity index (χ3n) is 2.37. The van der Waals surface area contributed by atoms with Crippen LogP contribution in [0.2, 0.25) is 0 Å². The maximum atomic E-state index is 11.6. The number of rotatable bonds is 2. The molecule has 2 amide bonds. The molecule has 1 fully saturated rings. The Morgan fingerprint density at radius 3 is 2.15 bits per heavy atom. The Hall–Kier alpha value is -0.900. The van der Waals surface area contributed by atoms with Gasteiger partial charge in [-0.2, -0.15) is 0 Å². The smallest absolute Gasteiger partial charge is 0.234 e. The van der Waals surface area contributed by atoms with E-state index in [9.17, 15) is 9.59 Å². The second-order valence-corrected chi connectivity index (χ2v) is 3.87. The standard InChI is InChI=1S/C9H16N2O2/c1-5(2)11-8(12)4-7(6(3)10)9(11)13/h5-7H,4,10H2,1-3H3. The zero-order valence-corrected chi connectivity index (χ0v) is 8.28. The summed E-state index contributed by atoms with van der Waals surface area (Å²) in [6.45, 7) is 5.43. The Morgan fingerprint density at radius 2 is 1.92 bits per heavy atom. The van der Waals surface area contributed by atoms with Gasteiger partial charge in [-0.15, -0.1) is 0 Å². The third kappa shape index (κ3) is 1.72. The van der Waals surface area contributed by atoms with E-state index in [1.165, 1.54) is 4.90 Å². The highest BCUT2D eigenvalue weighted by Gasteiger charge is 2.41. The van der Waals surface area contributed by atoms with Crippen molar-refractivity contribution < 1.29 is 9.59 Å². The first-order valence-electron chi connectivity index (χ1n) is 4.56. The van der Waals surface area contributed by atoms with Gasteiger partial charge in [0.1, 0.15) is 0 Å². The van der Waals surface area contributed by atoms with Crippen LogP contribution in [-0.4, -0.2) is 28.8 Å². The molecule has 2 atom stereocenters. The predicted octanol–water partition coefficient (Wildman–Crippen LogP) is 0.117. The summed E-state index contributed by atoms with van der Waals surface area (Å²) in [6, 6.07) is -0.288. The van der Waals surface area contributed by atoms with Crippen molar-refractivity contribution in [3.63, 3.8) is 0 Å². The molecule has 1 aliphatic rings. The van der Waals surface area contributed by atoms with Crippen molar-refractivity contribution in [3.05, 3.63) is 0 Å². The zero-order valence-electron chi connectivity index (χ0n) is 8.28. The van der Waals surface area contributed by atoms with E-state index < -0.39 is 0 Å². The molecule has 13 heavy (non-hydrogen) atoms. The van der Waals surface area contributed by atoms with Gasteiger partial charge in [-0.25, -0.2) is 0 Å². The number of imide groups is 1. The average Bonchev–Trinajstić information content (AvgIpc) is 2.26. The van der Waals surface area contributed by atoms with Crippen molar-refractivity contribution in [3.8, 4) is 0 Å². The van der Waals surface area contributed by atoms with E-state index in [2.05, 4.69) is 0 Å². The summed E-state index contributed by atoms with van der Waals surface area (Å²) in [5.74, 6) is -0.521. The molecule has 0 spiro atoms.